The van der Waals surface area contributed by atoms with E-state index in [1.165, 1.54) is 19.2 Å². The largest absolute Gasteiger partial charge is 0.496 e. The molecule has 1 aromatic heterocycles. The Balaban J connectivity index is 2.24. The SMILES string of the molecule is COc1cc(F)ccc1C(=O)Nc1ccccn1. The zero-order valence-corrected chi connectivity index (χ0v) is 9.68. The van der Waals surface area contributed by atoms with Crippen molar-refractivity contribution in [1.29, 1.82) is 0 Å². The maximum absolute atomic E-state index is 13.0. The van der Waals surface area contributed by atoms with Crippen LogP contribution in [0.25, 0.3) is 0 Å². The number of hydrogen-bond acceptors (Lipinski definition) is 3. The Morgan fingerprint density at radius 2 is 2.17 bits per heavy atom. The fraction of sp³-hybridized carbons (Fsp3) is 0.0769. The zero-order chi connectivity index (χ0) is 13.0. The minimum atomic E-state index is -0.457. The van der Waals surface area contributed by atoms with Gasteiger partial charge in [0.2, 0.25) is 0 Å². The van der Waals surface area contributed by atoms with Gasteiger partial charge in [0, 0.05) is 12.3 Å². The Hall–Kier alpha value is -2.43. The second kappa shape index (κ2) is 5.27. The minimum absolute atomic E-state index is 0.184. The van der Waals surface area contributed by atoms with Crippen LogP contribution in [0.5, 0.6) is 5.75 Å². The Kier molecular flexibility index (Phi) is 3.52. The molecule has 0 aliphatic heterocycles. The minimum Gasteiger partial charge on any atom is -0.496 e. The van der Waals surface area contributed by atoms with Crippen LogP contribution in [0, 0.1) is 5.82 Å². The molecule has 2 rings (SSSR count). The Morgan fingerprint density at radius 3 is 2.83 bits per heavy atom. The van der Waals surface area contributed by atoms with Crippen LogP contribution in [0.15, 0.2) is 42.6 Å². The molecule has 0 unspecified atom stereocenters. The summed E-state index contributed by atoms with van der Waals surface area (Å²) in [6.45, 7) is 0. The fourth-order valence-corrected chi connectivity index (χ4v) is 1.47. The fourth-order valence-electron chi connectivity index (χ4n) is 1.47. The maximum Gasteiger partial charge on any atom is 0.260 e. The van der Waals surface area contributed by atoms with Crippen molar-refractivity contribution < 1.29 is 13.9 Å². The summed E-state index contributed by atoms with van der Waals surface area (Å²) in [5.74, 6) is -0.246. The molecule has 0 bridgehead atoms. The topological polar surface area (TPSA) is 51.2 Å². The van der Waals surface area contributed by atoms with Crippen molar-refractivity contribution in [2.24, 2.45) is 0 Å². The summed E-state index contributed by atoms with van der Waals surface area (Å²) in [7, 11) is 1.38. The van der Waals surface area contributed by atoms with Crippen molar-refractivity contribution in [3.8, 4) is 5.75 Å². The van der Waals surface area contributed by atoms with Crippen molar-refractivity contribution in [3.05, 3.63) is 54.0 Å². The first-order valence-electron chi connectivity index (χ1n) is 5.26. The van der Waals surface area contributed by atoms with Gasteiger partial charge in [0.05, 0.1) is 12.7 Å². The van der Waals surface area contributed by atoms with Gasteiger partial charge in [0.1, 0.15) is 17.4 Å². The lowest BCUT2D eigenvalue weighted by atomic mass is 10.2. The number of carbonyl (C=O) groups is 1. The number of rotatable bonds is 3. The van der Waals surface area contributed by atoms with Crippen molar-refractivity contribution in [1.82, 2.24) is 4.98 Å². The molecule has 0 aliphatic rings. The molecule has 1 N–H and O–H groups in total. The first-order valence-corrected chi connectivity index (χ1v) is 5.26. The molecular weight excluding hydrogens is 235 g/mol. The van der Waals surface area contributed by atoms with E-state index in [-0.39, 0.29) is 11.3 Å². The van der Waals surface area contributed by atoms with E-state index in [1.807, 2.05) is 0 Å². The maximum atomic E-state index is 13.0. The van der Waals surface area contributed by atoms with Crippen molar-refractivity contribution in [2.75, 3.05) is 12.4 Å². The number of amides is 1. The van der Waals surface area contributed by atoms with Gasteiger partial charge in [-0.3, -0.25) is 4.79 Å². The quantitative estimate of drug-likeness (QED) is 0.905. The van der Waals surface area contributed by atoms with Crippen LogP contribution in [0.1, 0.15) is 10.4 Å². The lowest BCUT2D eigenvalue weighted by molar-refractivity contribution is 0.102. The Labute approximate surface area is 103 Å². The summed E-state index contributed by atoms with van der Waals surface area (Å²) in [6, 6.07) is 8.89. The lowest BCUT2D eigenvalue weighted by Crippen LogP contribution is -2.14. The van der Waals surface area contributed by atoms with Gasteiger partial charge in [-0.15, -0.1) is 0 Å². The predicted molar refractivity (Wildman–Crippen MR) is 65.1 cm³/mol. The summed E-state index contributed by atoms with van der Waals surface area (Å²) in [6.07, 6.45) is 1.57. The van der Waals surface area contributed by atoms with E-state index in [2.05, 4.69) is 10.3 Å². The zero-order valence-electron chi connectivity index (χ0n) is 9.68. The van der Waals surface area contributed by atoms with Crippen LogP contribution in [-0.2, 0) is 0 Å². The number of anilines is 1. The molecule has 0 spiro atoms. The van der Waals surface area contributed by atoms with E-state index in [0.29, 0.717) is 5.82 Å². The first-order chi connectivity index (χ1) is 8.70. The standard InChI is InChI=1S/C13H11FN2O2/c1-18-11-8-9(14)5-6-10(11)13(17)16-12-4-2-3-7-15-12/h2-8H,1H3,(H,15,16,17). The normalized spacial score (nSPS) is 9.89. The first kappa shape index (κ1) is 12.0. The number of halogens is 1. The molecule has 18 heavy (non-hydrogen) atoms. The highest BCUT2D eigenvalue weighted by Gasteiger charge is 2.13. The van der Waals surface area contributed by atoms with E-state index in [0.717, 1.165) is 6.07 Å². The van der Waals surface area contributed by atoms with Crippen LogP contribution in [0.2, 0.25) is 0 Å². The second-order valence-electron chi connectivity index (χ2n) is 3.51. The number of carbonyl (C=O) groups excluding carboxylic acids is 1. The van der Waals surface area contributed by atoms with Gasteiger partial charge in [0.25, 0.3) is 5.91 Å². The van der Waals surface area contributed by atoms with Crippen molar-refractivity contribution >= 4 is 11.7 Å². The van der Waals surface area contributed by atoms with Gasteiger partial charge >= 0.3 is 0 Å². The third-order valence-corrected chi connectivity index (χ3v) is 2.31. The summed E-state index contributed by atoms with van der Waals surface area (Å²) in [5, 5.41) is 2.60. The molecule has 0 atom stereocenters. The van der Waals surface area contributed by atoms with E-state index < -0.39 is 11.7 Å². The highest BCUT2D eigenvalue weighted by Crippen LogP contribution is 2.20. The molecule has 0 aliphatic carbocycles. The Bertz CT molecular complexity index is 558. The van der Waals surface area contributed by atoms with Gasteiger partial charge in [-0.2, -0.15) is 0 Å². The van der Waals surface area contributed by atoms with Crippen LogP contribution < -0.4 is 10.1 Å². The molecule has 5 heteroatoms. The number of hydrogen-bond donors (Lipinski definition) is 1. The molecule has 1 aromatic carbocycles. The summed E-state index contributed by atoms with van der Waals surface area (Å²) in [4.78, 5) is 15.9. The number of methoxy groups -OCH3 is 1. The number of nitrogens with zero attached hydrogens (tertiary/aromatic N) is 1. The summed E-state index contributed by atoms with van der Waals surface area (Å²) >= 11 is 0. The molecule has 0 radical (unpaired) electrons. The average Bonchev–Trinajstić information content (AvgIpc) is 2.39. The smallest absolute Gasteiger partial charge is 0.260 e. The number of ether oxygens (including phenoxy) is 1. The van der Waals surface area contributed by atoms with Crippen LogP contribution >= 0.6 is 0 Å². The molecule has 92 valence electrons. The van der Waals surface area contributed by atoms with Crippen LogP contribution in [0.4, 0.5) is 10.2 Å². The number of pyridine rings is 1. The van der Waals surface area contributed by atoms with Gasteiger partial charge in [-0.25, -0.2) is 9.37 Å². The van der Waals surface area contributed by atoms with Gasteiger partial charge < -0.3 is 10.1 Å². The highest BCUT2D eigenvalue weighted by molar-refractivity contribution is 6.05. The van der Waals surface area contributed by atoms with Gasteiger partial charge in [-0.05, 0) is 24.3 Å². The third kappa shape index (κ3) is 2.63. The lowest BCUT2D eigenvalue weighted by Gasteiger charge is -2.08. The second-order valence-corrected chi connectivity index (χ2v) is 3.51. The van der Waals surface area contributed by atoms with Crippen LogP contribution in [0.3, 0.4) is 0 Å². The molecular formula is C13H11FN2O2. The molecule has 4 nitrogen and oxygen atoms in total. The monoisotopic (exact) mass is 246 g/mol. The van der Waals surface area contributed by atoms with Crippen LogP contribution in [-0.4, -0.2) is 18.0 Å². The predicted octanol–water partition coefficient (Wildman–Crippen LogP) is 2.48. The summed E-state index contributed by atoms with van der Waals surface area (Å²) in [5.41, 5.74) is 0.254. The van der Waals surface area contributed by atoms with E-state index in [1.54, 1.807) is 24.4 Å². The molecule has 2 aromatic rings. The number of nitrogens with one attached hydrogen (secondary N) is 1. The van der Waals surface area contributed by atoms with Crippen molar-refractivity contribution in [2.45, 2.75) is 0 Å². The van der Waals surface area contributed by atoms with E-state index in [9.17, 15) is 9.18 Å². The van der Waals surface area contributed by atoms with Gasteiger partial charge in [-0.1, -0.05) is 6.07 Å². The molecule has 0 saturated carbocycles. The number of benzene rings is 1. The Morgan fingerprint density at radius 1 is 1.33 bits per heavy atom. The number of aromatic nitrogens is 1. The third-order valence-electron chi connectivity index (χ3n) is 2.31. The molecule has 1 amide bonds. The molecule has 0 fully saturated rings. The summed E-state index contributed by atoms with van der Waals surface area (Å²) < 4.78 is 18.0. The molecule has 0 saturated heterocycles. The highest BCUT2D eigenvalue weighted by atomic mass is 19.1. The van der Waals surface area contributed by atoms with Gasteiger partial charge in [0.15, 0.2) is 0 Å². The van der Waals surface area contributed by atoms with E-state index >= 15 is 0 Å². The molecule has 1 heterocycles. The average molecular weight is 246 g/mol. The van der Waals surface area contributed by atoms with E-state index in [4.69, 9.17) is 4.74 Å². The van der Waals surface area contributed by atoms with Crippen molar-refractivity contribution in [3.63, 3.8) is 0 Å².